The number of aliphatic carboxylic acids is 1. The molecule has 1 atom stereocenters. The summed E-state index contributed by atoms with van der Waals surface area (Å²) in [5.74, 6) is -0.745. The Bertz CT molecular complexity index is 115. The molecule has 0 aromatic rings. The quantitative estimate of drug-likeness (QED) is 0.756. The predicted octanol–water partition coefficient (Wildman–Crippen LogP) is 2.68. The van der Waals surface area contributed by atoms with E-state index in [1.54, 1.807) is 0 Å². The van der Waals surface area contributed by atoms with Crippen molar-refractivity contribution in [3.8, 4) is 0 Å². The van der Waals surface area contributed by atoms with Gasteiger partial charge in [0.2, 0.25) is 0 Å². The van der Waals surface area contributed by atoms with Crippen LogP contribution in [0.15, 0.2) is 0 Å². The van der Waals surface area contributed by atoms with Gasteiger partial charge in [0.05, 0.1) is 5.92 Å². The van der Waals surface area contributed by atoms with Gasteiger partial charge in [-0.25, -0.2) is 0 Å². The van der Waals surface area contributed by atoms with Crippen molar-refractivity contribution < 1.29 is 32.3 Å². The van der Waals surface area contributed by atoms with E-state index < -0.39 is 5.97 Å². The number of rotatable bonds is 6. The van der Waals surface area contributed by atoms with E-state index >= 15 is 0 Å². The summed E-state index contributed by atoms with van der Waals surface area (Å²) in [5.41, 5.74) is 0. The Kier molecular flexibility index (Phi) is 11.4. The third-order valence-corrected chi connectivity index (χ3v) is 2.00. The molecule has 0 aromatic heterocycles. The Labute approximate surface area is 90.2 Å². The molecule has 71 valence electrons. The summed E-state index contributed by atoms with van der Waals surface area (Å²) in [6, 6.07) is 0. The Hall–Kier alpha value is 0.210. The molecule has 0 rings (SSSR count). The molecule has 1 unspecified atom stereocenters. The van der Waals surface area contributed by atoms with Crippen LogP contribution in [0.2, 0.25) is 0 Å². The van der Waals surface area contributed by atoms with Crippen LogP contribution in [0.25, 0.3) is 0 Å². The molecule has 0 aliphatic rings. The van der Waals surface area contributed by atoms with Crippen LogP contribution in [-0.2, 0) is 27.2 Å². The predicted molar refractivity (Wildman–Crippen MR) is 45.6 cm³/mol. The normalized spacial score (nSPS) is 11.8. The summed E-state index contributed by atoms with van der Waals surface area (Å²) in [6.07, 6.45) is 4.99. The van der Waals surface area contributed by atoms with Gasteiger partial charge in [0.15, 0.2) is 0 Å². The van der Waals surface area contributed by atoms with Crippen molar-refractivity contribution in [3.05, 3.63) is 0 Å². The summed E-state index contributed by atoms with van der Waals surface area (Å²) in [6.45, 7) is 4.06. The monoisotopic (exact) mass is 339 g/mol. The molecule has 0 fully saturated rings. The second kappa shape index (κ2) is 9.30. The minimum absolute atomic E-state index is 0. The minimum Gasteiger partial charge on any atom is -0.481 e. The van der Waals surface area contributed by atoms with Gasteiger partial charge in [-0.2, -0.15) is 0 Å². The molecule has 0 spiro atoms. The smallest absolute Gasteiger partial charge is 0.306 e. The van der Waals surface area contributed by atoms with E-state index in [9.17, 15) is 4.79 Å². The van der Waals surface area contributed by atoms with Crippen LogP contribution in [0.4, 0.5) is 0 Å². The topological polar surface area (TPSA) is 37.3 Å². The summed E-state index contributed by atoms with van der Waals surface area (Å²) in [5, 5.41) is 8.67. The van der Waals surface area contributed by atoms with Crippen LogP contribution in [0.3, 0.4) is 0 Å². The molecule has 0 aromatic carbocycles. The molecule has 2 nitrogen and oxygen atoms in total. The van der Waals surface area contributed by atoms with Crippen molar-refractivity contribution in [2.75, 3.05) is 0 Å². The van der Waals surface area contributed by atoms with Crippen LogP contribution < -0.4 is 0 Å². The molecule has 0 saturated heterocycles. The van der Waals surface area contributed by atoms with Gasteiger partial charge in [-0.05, 0) is 12.8 Å². The van der Waals surface area contributed by atoms with E-state index in [-0.39, 0.29) is 28.3 Å². The average Bonchev–Trinajstić information content (AvgIpc) is 1.97. The second-order valence-corrected chi connectivity index (χ2v) is 2.94. The minimum atomic E-state index is -0.636. The standard InChI is InChI=1S/C9H18O2.Ta/c1-3-5-6-7-8(4-2)9(10)11;/h8H,3-7H2,1-2H3,(H,10,11);. The second-order valence-electron chi connectivity index (χ2n) is 2.94. The van der Waals surface area contributed by atoms with Crippen LogP contribution in [0, 0.1) is 5.92 Å². The third kappa shape index (κ3) is 6.89. The van der Waals surface area contributed by atoms with Gasteiger partial charge in [-0.3, -0.25) is 4.79 Å². The van der Waals surface area contributed by atoms with Crippen molar-refractivity contribution in [2.45, 2.75) is 46.0 Å². The van der Waals surface area contributed by atoms with E-state index in [1.165, 1.54) is 0 Å². The van der Waals surface area contributed by atoms with Crippen LogP contribution in [-0.4, -0.2) is 11.1 Å². The molecule has 0 aliphatic heterocycles. The van der Waals surface area contributed by atoms with Crippen LogP contribution in [0.5, 0.6) is 0 Å². The molecular weight excluding hydrogens is 321 g/mol. The van der Waals surface area contributed by atoms with E-state index in [0.29, 0.717) is 0 Å². The first-order valence-corrected chi connectivity index (χ1v) is 4.45. The average molecular weight is 339 g/mol. The molecule has 0 amide bonds. The first-order valence-electron chi connectivity index (χ1n) is 4.45. The fourth-order valence-corrected chi connectivity index (χ4v) is 1.14. The molecule has 0 heterocycles. The fourth-order valence-electron chi connectivity index (χ4n) is 1.14. The number of hydrogen-bond acceptors (Lipinski definition) is 1. The third-order valence-electron chi connectivity index (χ3n) is 2.00. The van der Waals surface area contributed by atoms with Crippen LogP contribution in [0.1, 0.15) is 46.0 Å². The number of carboxylic acids is 1. The molecule has 1 radical (unpaired) electrons. The van der Waals surface area contributed by atoms with E-state index in [1.807, 2.05) is 6.92 Å². The molecule has 0 bridgehead atoms. The zero-order chi connectivity index (χ0) is 8.69. The van der Waals surface area contributed by atoms with Gasteiger partial charge in [-0.1, -0.05) is 33.1 Å². The Morgan fingerprint density at radius 2 is 1.92 bits per heavy atom. The van der Waals surface area contributed by atoms with E-state index in [0.717, 1.165) is 32.1 Å². The Balaban J connectivity index is 0. The number of carbonyl (C=O) groups is 1. The molecule has 12 heavy (non-hydrogen) atoms. The van der Waals surface area contributed by atoms with Gasteiger partial charge < -0.3 is 5.11 Å². The molecule has 0 saturated carbocycles. The zero-order valence-corrected chi connectivity index (χ0v) is 11.1. The maximum absolute atomic E-state index is 10.5. The molecular formula is C9H18O2Ta. The number of carboxylic acid groups (broad SMARTS) is 1. The first-order chi connectivity index (χ1) is 5.22. The SMILES string of the molecule is CCCCCC(CC)C(=O)O.[Ta]. The first kappa shape index (κ1) is 14.7. The fraction of sp³-hybridized carbons (Fsp3) is 0.889. The maximum atomic E-state index is 10.5. The Morgan fingerprint density at radius 3 is 2.25 bits per heavy atom. The van der Waals surface area contributed by atoms with E-state index in [4.69, 9.17) is 5.11 Å². The van der Waals surface area contributed by atoms with Gasteiger partial charge >= 0.3 is 5.97 Å². The zero-order valence-electron chi connectivity index (χ0n) is 7.92. The molecule has 3 heteroatoms. The van der Waals surface area contributed by atoms with Crippen molar-refractivity contribution in [3.63, 3.8) is 0 Å². The molecule has 1 N–H and O–H groups in total. The van der Waals surface area contributed by atoms with Gasteiger partial charge in [0, 0.05) is 22.4 Å². The van der Waals surface area contributed by atoms with E-state index in [2.05, 4.69) is 6.92 Å². The van der Waals surface area contributed by atoms with Crippen molar-refractivity contribution in [2.24, 2.45) is 5.92 Å². The van der Waals surface area contributed by atoms with Crippen molar-refractivity contribution in [1.29, 1.82) is 0 Å². The summed E-state index contributed by atoms with van der Waals surface area (Å²) in [7, 11) is 0. The maximum Gasteiger partial charge on any atom is 0.306 e. The number of unbranched alkanes of at least 4 members (excludes halogenated alkanes) is 2. The van der Waals surface area contributed by atoms with Crippen molar-refractivity contribution >= 4 is 5.97 Å². The van der Waals surface area contributed by atoms with Crippen LogP contribution >= 0.6 is 0 Å². The molecule has 0 aliphatic carbocycles. The van der Waals surface area contributed by atoms with Gasteiger partial charge in [-0.15, -0.1) is 0 Å². The summed E-state index contributed by atoms with van der Waals surface area (Å²) in [4.78, 5) is 10.5. The van der Waals surface area contributed by atoms with Crippen molar-refractivity contribution in [1.82, 2.24) is 0 Å². The Morgan fingerprint density at radius 1 is 1.33 bits per heavy atom. The largest absolute Gasteiger partial charge is 0.481 e. The van der Waals surface area contributed by atoms with Gasteiger partial charge in [0.1, 0.15) is 0 Å². The summed E-state index contributed by atoms with van der Waals surface area (Å²) >= 11 is 0. The number of hydrogen-bond donors (Lipinski definition) is 1. The van der Waals surface area contributed by atoms with Gasteiger partial charge in [0.25, 0.3) is 0 Å². The summed E-state index contributed by atoms with van der Waals surface area (Å²) < 4.78 is 0.